The molecule has 4 rings (SSSR count). The Morgan fingerprint density at radius 2 is 2.10 bits per heavy atom. The summed E-state index contributed by atoms with van der Waals surface area (Å²) in [5, 5.41) is 0.550. The van der Waals surface area contributed by atoms with E-state index >= 15 is 0 Å². The summed E-state index contributed by atoms with van der Waals surface area (Å²) in [5.41, 5.74) is 1.25. The Morgan fingerprint density at radius 3 is 2.79 bits per heavy atom. The van der Waals surface area contributed by atoms with Crippen LogP contribution in [0.15, 0.2) is 24.4 Å². The van der Waals surface area contributed by atoms with Crippen LogP contribution in [0.25, 0.3) is 0 Å². The predicted molar refractivity (Wildman–Crippen MR) is 109 cm³/mol. The number of aromatic nitrogens is 2. The average Bonchev–Trinajstić information content (AvgIpc) is 3.33. The van der Waals surface area contributed by atoms with E-state index in [1.807, 2.05) is 18.2 Å². The third-order valence-electron chi connectivity index (χ3n) is 5.34. The van der Waals surface area contributed by atoms with Crippen molar-refractivity contribution in [2.45, 2.75) is 19.8 Å². The highest BCUT2D eigenvalue weighted by atomic mass is 35.5. The van der Waals surface area contributed by atoms with Crippen LogP contribution in [-0.2, 0) is 11.2 Å². The standard InChI is InChI=1S/C21H24ClN3O4/c1-3-28-20(26)16-10-23-21(25-11-14-9-15(14)12-25)24-19(16)29-7-6-13-4-5-18(27-2)17(22)8-13/h4-5,8,10,14-15H,3,6-7,9,11-12H2,1-2H3. The lowest BCUT2D eigenvalue weighted by molar-refractivity contribution is 0.0520. The van der Waals surface area contributed by atoms with Gasteiger partial charge in [0.25, 0.3) is 0 Å². The van der Waals surface area contributed by atoms with Gasteiger partial charge in [-0.25, -0.2) is 9.78 Å². The van der Waals surface area contributed by atoms with Crippen molar-refractivity contribution in [3.63, 3.8) is 0 Å². The van der Waals surface area contributed by atoms with Gasteiger partial charge in [0.15, 0.2) is 0 Å². The summed E-state index contributed by atoms with van der Waals surface area (Å²) in [6.07, 6.45) is 3.41. The van der Waals surface area contributed by atoms with E-state index in [0.29, 0.717) is 29.7 Å². The molecule has 2 heterocycles. The third kappa shape index (κ3) is 4.40. The van der Waals surface area contributed by atoms with Gasteiger partial charge in [-0.2, -0.15) is 4.98 Å². The molecule has 1 aromatic carbocycles. The summed E-state index contributed by atoms with van der Waals surface area (Å²) >= 11 is 6.18. The Morgan fingerprint density at radius 1 is 1.31 bits per heavy atom. The van der Waals surface area contributed by atoms with Crippen molar-refractivity contribution in [3.8, 4) is 11.6 Å². The largest absolute Gasteiger partial charge is 0.495 e. The van der Waals surface area contributed by atoms with Crippen molar-refractivity contribution >= 4 is 23.5 Å². The zero-order chi connectivity index (χ0) is 20.4. The van der Waals surface area contributed by atoms with Gasteiger partial charge in [-0.1, -0.05) is 17.7 Å². The number of nitrogens with zero attached hydrogens (tertiary/aromatic N) is 3. The van der Waals surface area contributed by atoms with Gasteiger partial charge >= 0.3 is 5.97 Å². The molecule has 2 unspecified atom stereocenters. The van der Waals surface area contributed by atoms with Crippen LogP contribution in [0.3, 0.4) is 0 Å². The fraction of sp³-hybridized carbons (Fsp3) is 0.476. The van der Waals surface area contributed by atoms with Crippen molar-refractivity contribution in [1.29, 1.82) is 0 Å². The number of esters is 1. The second kappa shape index (κ2) is 8.45. The molecule has 1 saturated carbocycles. The Hall–Kier alpha value is -2.54. The van der Waals surface area contributed by atoms with E-state index in [1.165, 1.54) is 12.6 Å². The molecule has 2 aliphatic rings. The van der Waals surface area contributed by atoms with Crippen LogP contribution >= 0.6 is 11.6 Å². The molecule has 154 valence electrons. The molecule has 2 fully saturated rings. The summed E-state index contributed by atoms with van der Waals surface area (Å²) in [6.45, 7) is 4.31. The summed E-state index contributed by atoms with van der Waals surface area (Å²) < 4.78 is 16.2. The van der Waals surface area contributed by atoms with Crippen molar-refractivity contribution < 1.29 is 19.0 Å². The number of hydrogen-bond donors (Lipinski definition) is 0. The molecule has 1 aliphatic carbocycles. The fourth-order valence-electron chi connectivity index (χ4n) is 3.66. The summed E-state index contributed by atoms with van der Waals surface area (Å²) in [7, 11) is 1.58. The lowest BCUT2D eigenvalue weighted by Crippen LogP contribution is -2.25. The Bertz CT molecular complexity index is 897. The number of ether oxygens (including phenoxy) is 3. The number of anilines is 1. The molecular weight excluding hydrogens is 394 g/mol. The molecule has 0 amide bonds. The van der Waals surface area contributed by atoms with Gasteiger partial charge in [-0.15, -0.1) is 0 Å². The fourth-order valence-corrected chi connectivity index (χ4v) is 3.94. The van der Waals surface area contributed by atoms with Crippen LogP contribution in [0.2, 0.25) is 5.02 Å². The van der Waals surface area contributed by atoms with E-state index < -0.39 is 5.97 Å². The number of halogens is 1. The number of fused-ring (bicyclic) bond motifs is 1. The van der Waals surface area contributed by atoms with Crippen molar-refractivity contribution in [2.24, 2.45) is 11.8 Å². The Labute approximate surface area is 174 Å². The minimum Gasteiger partial charge on any atom is -0.495 e. The molecule has 0 radical (unpaired) electrons. The Kier molecular flexibility index (Phi) is 5.76. The second-order valence-corrected chi connectivity index (χ2v) is 7.74. The monoisotopic (exact) mass is 417 g/mol. The topological polar surface area (TPSA) is 73.8 Å². The van der Waals surface area contributed by atoms with Crippen LogP contribution < -0.4 is 14.4 Å². The van der Waals surface area contributed by atoms with E-state index in [0.717, 1.165) is 30.5 Å². The number of benzene rings is 1. The number of methoxy groups -OCH3 is 1. The number of rotatable bonds is 8. The molecule has 0 spiro atoms. The zero-order valence-corrected chi connectivity index (χ0v) is 17.3. The number of piperidine rings is 1. The van der Waals surface area contributed by atoms with Crippen LogP contribution in [0.5, 0.6) is 11.6 Å². The van der Waals surface area contributed by atoms with Crippen molar-refractivity contribution in [2.75, 3.05) is 38.3 Å². The average molecular weight is 418 g/mol. The molecule has 8 heteroatoms. The molecule has 2 aromatic rings. The van der Waals surface area contributed by atoms with Gasteiger partial charge in [0.1, 0.15) is 11.3 Å². The molecule has 2 atom stereocenters. The maximum Gasteiger partial charge on any atom is 0.345 e. The molecule has 7 nitrogen and oxygen atoms in total. The van der Waals surface area contributed by atoms with Gasteiger partial charge < -0.3 is 19.1 Å². The number of carbonyl (C=O) groups excluding carboxylic acids is 1. The first kappa shape index (κ1) is 19.8. The number of hydrogen-bond acceptors (Lipinski definition) is 7. The zero-order valence-electron chi connectivity index (χ0n) is 16.6. The second-order valence-electron chi connectivity index (χ2n) is 7.34. The summed E-state index contributed by atoms with van der Waals surface area (Å²) in [4.78, 5) is 23.3. The van der Waals surface area contributed by atoms with Crippen molar-refractivity contribution in [3.05, 3.63) is 40.5 Å². The highest BCUT2D eigenvalue weighted by Gasteiger charge is 2.46. The van der Waals surface area contributed by atoms with Crippen LogP contribution in [0, 0.1) is 11.8 Å². The van der Waals surface area contributed by atoms with Crippen molar-refractivity contribution in [1.82, 2.24) is 9.97 Å². The smallest absolute Gasteiger partial charge is 0.345 e. The first-order chi connectivity index (χ1) is 14.1. The Balaban J connectivity index is 1.47. The molecule has 1 saturated heterocycles. The molecular formula is C21H24ClN3O4. The van der Waals surface area contributed by atoms with Gasteiger partial charge in [-0.05, 0) is 42.9 Å². The quantitative estimate of drug-likeness (QED) is 0.609. The summed E-state index contributed by atoms with van der Waals surface area (Å²) in [6, 6.07) is 5.60. The maximum atomic E-state index is 12.3. The lowest BCUT2D eigenvalue weighted by atomic mass is 10.1. The van der Waals surface area contributed by atoms with Crippen LogP contribution in [0.4, 0.5) is 5.95 Å². The third-order valence-corrected chi connectivity index (χ3v) is 5.64. The van der Waals surface area contributed by atoms with E-state index in [1.54, 1.807) is 14.0 Å². The molecule has 0 bridgehead atoms. The number of carbonyl (C=O) groups is 1. The maximum absolute atomic E-state index is 12.3. The van der Waals surface area contributed by atoms with Crippen LogP contribution in [-0.4, -0.2) is 49.4 Å². The SMILES string of the molecule is CCOC(=O)c1cnc(N2CC3CC3C2)nc1OCCc1ccc(OC)c(Cl)c1. The first-order valence-corrected chi connectivity index (χ1v) is 10.2. The highest BCUT2D eigenvalue weighted by Crippen LogP contribution is 2.45. The van der Waals surface area contributed by atoms with E-state index in [4.69, 9.17) is 25.8 Å². The normalized spacial score (nSPS) is 19.6. The van der Waals surface area contributed by atoms with Gasteiger partial charge in [-0.3, -0.25) is 0 Å². The molecule has 1 aliphatic heterocycles. The minimum atomic E-state index is -0.481. The van der Waals surface area contributed by atoms with E-state index in [2.05, 4.69) is 14.9 Å². The van der Waals surface area contributed by atoms with Gasteiger partial charge in [0, 0.05) is 19.5 Å². The predicted octanol–water partition coefficient (Wildman–Crippen LogP) is 3.39. The van der Waals surface area contributed by atoms with Gasteiger partial charge in [0.2, 0.25) is 11.8 Å². The minimum absolute atomic E-state index is 0.243. The summed E-state index contributed by atoms with van der Waals surface area (Å²) in [5.74, 6) is 2.53. The molecule has 0 N–H and O–H groups in total. The first-order valence-electron chi connectivity index (χ1n) is 9.83. The lowest BCUT2D eigenvalue weighted by Gasteiger charge is -2.19. The highest BCUT2D eigenvalue weighted by molar-refractivity contribution is 6.32. The molecule has 1 aromatic heterocycles. The van der Waals surface area contributed by atoms with Crippen LogP contribution in [0.1, 0.15) is 29.3 Å². The van der Waals surface area contributed by atoms with E-state index in [9.17, 15) is 4.79 Å². The van der Waals surface area contributed by atoms with Gasteiger partial charge in [0.05, 0.1) is 31.5 Å². The van der Waals surface area contributed by atoms with E-state index in [-0.39, 0.29) is 18.1 Å². The molecule has 29 heavy (non-hydrogen) atoms.